The number of hydrogen-bond donors (Lipinski definition) is 1. The summed E-state index contributed by atoms with van der Waals surface area (Å²) in [5, 5.41) is 0. The molecule has 1 heterocycles. The molecule has 0 saturated carbocycles. The summed E-state index contributed by atoms with van der Waals surface area (Å²) in [6, 6.07) is 6.49. The van der Waals surface area contributed by atoms with Gasteiger partial charge in [-0.3, -0.25) is 0 Å². The molecule has 1 aromatic heterocycles. The summed E-state index contributed by atoms with van der Waals surface area (Å²) >= 11 is 5.28. The maximum absolute atomic E-state index is 13.0. The van der Waals surface area contributed by atoms with Crippen molar-refractivity contribution in [3.8, 4) is 0 Å². The molecule has 0 aliphatic carbocycles. The number of aryl methyl sites for hydroxylation is 1. The normalized spacial score (nSPS) is 11.6. The lowest BCUT2D eigenvalue weighted by molar-refractivity contribution is 0.578. The van der Waals surface area contributed by atoms with Crippen LogP contribution in [0.3, 0.4) is 0 Å². The van der Waals surface area contributed by atoms with Gasteiger partial charge in [0, 0.05) is 16.7 Å². The lowest BCUT2D eigenvalue weighted by Gasteiger charge is -2.25. The summed E-state index contributed by atoms with van der Waals surface area (Å²) in [4.78, 5) is 7.77. The first-order valence-corrected chi connectivity index (χ1v) is 6.57. The van der Waals surface area contributed by atoms with Crippen molar-refractivity contribution in [2.75, 3.05) is 0 Å². The van der Waals surface area contributed by atoms with Gasteiger partial charge in [0.25, 0.3) is 0 Å². The number of nitrogens with zero attached hydrogens (tertiary/aromatic N) is 1. The molecule has 0 aliphatic heterocycles. The molecule has 1 aromatic carbocycles. The summed E-state index contributed by atoms with van der Waals surface area (Å²) in [6.07, 6.45) is 0. The Morgan fingerprint density at radius 2 is 1.74 bits per heavy atom. The van der Waals surface area contributed by atoms with Crippen LogP contribution in [0.5, 0.6) is 0 Å². The molecule has 1 N–H and O–H groups in total. The van der Waals surface area contributed by atoms with Crippen molar-refractivity contribution in [1.82, 2.24) is 9.97 Å². The largest absolute Gasteiger partial charge is 0.346 e. The van der Waals surface area contributed by atoms with Gasteiger partial charge in [0.2, 0.25) is 0 Å². The van der Waals surface area contributed by atoms with Crippen LogP contribution in [0.1, 0.15) is 36.5 Å². The van der Waals surface area contributed by atoms with E-state index >= 15 is 0 Å². The first-order valence-electron chi connectivity index (χ1n) is 6.16. The van der Waals surface area contributed by atoms with E-state index < -0.39 is 0 Å². The van der Waals surface area contributed by atoms with Gasteiger partial charge in [-0.25, -0.2) is 9.37 Å². The third-order valence-corrected chi connectivity index (χ3v) is 3.96. The van der Waals surface area contributed by atoms with E-state index in [0.29, 0.717) is 4.64 Å². The van der Waals surface area contributed by atoms with Crippen LogP contribution in [0, 0.1) is 24.3 Å². The van der Waals surface area contributed by atoms with Gasteiger partial charge in [-0.2, -0.15) is 0 Å². The highest BCUT2D eigenvalue weighted by molar-refractivity contribution is 7.71. The van der Waals surface area contributed by atoms with Gasteiger partial charge < -0.3 is 4.98 Å². The van der Waals surface area contributed by atoms with Crippen LogP contribution in [0.4, 0.5) is 4.39 Å². The molecule has 100 valence electrons. The number of nitrogens with one attached hydrogen (secondary N) is 1. The van der Waals surface area contributed by atoms with Crippen LogP contribution in [0.25, 0.3) is 0 Å². The van der Waals surface area contributed by atoms with E-state index in [1.54, 1.807) is 12.1 Å². The molecular formula is C15H17FN2S. The summed E-state index contributed by atoms with van der Waals surface area (Å²) in [6.45, 7) is 8.03. The predicted octanol–water partition coefficient (Wildman–Crippen LogP) is 4.22. The molecule has 4 heteroatoms. The highest BCUT2D eigenvalue weighted by Gasteiger charge is 2.26. The van der Waals surface area contributed by atoms with Crippen LogP contribution < -0.4 is 0 Å². The second kappa shape index (κ2) is 4.85. The number of hydrogen-bond acceptors (Lipinski definition) is 2. The molecule has 2 rings (SSSR count). The van der Waals surface area contributed by atoms with Gasteiger partial charge in [0.1, 0.15) is 16.3 Å². The minimum atomic E-state index is -0.347. The van der Waals surface area contributed by atoms with Crippen LogP contribution in [-0.4, -0.2) is 9.97 Å². The molecule has 0 bridgehead atoms. The lowest BCUT2D eigenvalue weighted by Crippen LogP contribution is -2.23. The van der Waals surface area contributed by atoms with Crippen molar-refractivity contribution in [3.05, 3.63) is 57.4 Å². The molecule has 0 unspecified atom stereocenters. The number of aromatic amines is 1. The minimum Gasteiger partial charge on any atom is -0.346 e. The van der Waals surface area contributed by atoms with E-state index in [9.17, 15) is 4.39 Å². The van der Waals surface area contributed by atoms with E-state index in [1.165, 1.54) is 12.1 Å². The second-order valence-corrected chi connectivity index (χ2v) is 5.66. The molecule has 0 spiro atoms. The molecule has 2 nitrogen and oxygen atoms in total. The van der Waals surface area contributed by atoms with Crippen molar-refractivity contribution in [1.29, 1.82) is 0 Å². The van der Waals surface area contributed by atoms with Gasteiger partial charge >= 0.3 is 0 Å². The van der Waals surface area contributed by atoms with Gasteiger partial charge in [-0.1, -0.05) is 24.4 Å². The maximum Gasteiger partial charge on any atom is 0.132 e. The number of H-pyrrole nitrogens is 1. The molecule has 19 heavy (non-hydrogen) atoms. The van der Waals surface area contributed by atoms with Gasteiger partial charge in [-0.05, 0) is 45.4 Å². The van der Waals surface area contributed by atoms with E-state index in [4.69, 9.17) is 12.2 Å². The van der Waals surface area contributed by atoms with Crippen LogP contribution >= 0.6 is 12.2 Å². The molecule has 0 aliphatic rings. The zero-order valence-electron chi connectivity index (χ0n) is 11.5. The lowest BCUT2D eigenvalue weighted by atomic mass is 9.83. The van der Waals surface area contributed by atoms with Crippen LogP contribution in [0.15, 0.2) is 24.3 Å². The molecule has 0 saturated heterocycles. The van der Waals surface area contributed by atoms with Crippen molar-refractivity contribution in [3.63, 3.8) is 0 Å². The molecule has 2 aromatic rings. The monoisotopic (exact) mass is 276 g/mol. The average Bonchev–Trinajstić information content (AvgIpc) is 2.35. The number of rotatable bonds is 2. The van der Waals surface area contributed by atoms with Gasteiger partial charge in [-0.15, -0.1) is 0 Å². The number of benzene rings is 1. The molecule has 0 radical (unpaired) electrons. The predicted molar refractivity (Wildman–Crippen MR) is 77.4 cm³/mol. The van der Waals surface area contributed by atoms with Crippen molar-refractivity contribution in [2.24, 2.45) is 0 Å². The summed E-state index contributed by atoms with van der Waals surface area (Å²) in [5.41, 5.74) is 2.66. The van der Waals surface area contributed by atoms with Gasteiger partial charge in [0.05, 0.1) is 0 Å². The fourth-order valence-electron chi connectivity index (χ4n) is 1.94. The van der Waals surface area contributed by atoms with Crippen molar-refractivity contribution in [2.45, 2.75) is 33.1 Å². The summed E-state index contributed by atoms with van der Waals surface area (Å²) in [7, 11) is 0. The van der Waals surface area contributed by atoms with Gasteiger partial charge in [0.15, 0.2) is 0 Å². The molecular weight excluding hydrogens is 259 g/mol. The van der Waals surface area contributed by atoms with E-state index in [1.807, 2.05) is 27.7 Å². The van der Waals surface area contributed by atoms with Crippen LogP contribution in [0.2, 0.25) is 0 Å². The Morgan fingerprint density at radius 1 is 1.16 bits per heavy atom. The fourth-order valence-corrected chi connectivity index (χ4v) is 2.19. The molecule has 0 atom stereocenters. The van der Waals surface area contributed by atoms with Crippen LogP contribution in [-0.2, 0) is 5.41 Å². The minimum absolute atomic E-state index is 0.236. The average molecular weight is 276 g/mol. The zero-order valence-corrected chi connectivity index (χ0v) is 12.4. The zero-order chi connectivity index (χ0) is 14.2. The number of aromatic nitrogens is 2. The second-order valence-electron chi connectivity index (χ2n) is 5.27. The maximum atomic E-state index is 13.0. The first kappa shape index (κ1) is 13.9. The number of halogens is 1. The third kappa shape index (κ3) is 2.59. The van der Waals surface area contributed by atoms with E-state index in [0.717, 1.165) is 22.6 Å². The summed E-state index contributed by atoms with van der Waals surface area (Å²) < 4.78 is 13.6. The topological polar surface area (TPSA) is 28.7 Å². The highest BCUT2D eigenvalue weighted by atomic mass is 32.1. The van der Waals surface area contributed by atoms with Crippen molar-refractivity contribution < 1.29 is 4.39 Å². The SMILES string of the molecule is Cc1[nH]c(C(C)(C)c2ccc(F)cc2)nc(=S)c1C. The Morgan fingerprint density at radius 3 is 2.26 bits per heavy atom. The Balaban J connectivity index is 2.56. The third-order valence-electron chi connectivity index (χ3n) is 3.56. The molecule has 0 amide bonds. The Bertz CT molecular complexity index is 657. The summed E-state index contributed by atoms with van der Waals surface area (Å²) in [5.74, 6) is 0.563. The Kier molecular flexibility index (Phi) is 3.54. The van der Waals surface area contributed by atoms with E-state index in [-0.39, 0.29) is 11.2 Å². The van der Waals surface area contributed by atoms with E-state index in [2.05, 4.69) is 9.97 Å². The Labute approximate surface area is 117 Å². The quantitative estimate of drug-likeness (QED) is 0.832. The highest BCUT2D eigenvalue weighted by Crippen LogP contribution is 2.29. The van der Waals surface area contributed by atoms with Crippen molar-refractivity contribution >= 4 is 12.2 Å². The fraction of sp³-hybridized carbons (Fsp3) is 0.333. The smallest absolute Gasteiger partial charge is 0.132 e. The Hall–Kier alpha value is -1.55. The molecule has 0 fully saturated rings. The standard InChI is InChI=1S/C15H17FN2S/c1-9-10(2)17-14(18-13(9)19)15(3,4)11-5-7-12(16)8-6-11/h5-8H,1-4H3,(H,17,18,19). The first-order chi connectivity index (χ1) is 8.82.